The number of amides is 2. The SMILES string of the molecule is CC(=O)NC[C@@H]1CCCN1c1cc(-c2ccc(F)cc2C)c(N(C)C(=O)C(C)(C)c2cc(C(F)(F)F)cc(C(F)(F)F)c2)cn1. The van der Waals surface area contributed by atoms with E-state index in [2.05, 4.69) is 10.3 Å². The summed E-state index contributed by atoms with van der Waals surface area (Å²) in [6.07, 6.45) is -7.13. The summed E-state index contributed by atoms with van der Waals surface area (Å²) in [5.74, 6) is -0.940. The van der Waals surface area contributed by atoms with Gasteiger partial charge in [-0.2, -0.15) is 26.3 Å². The van der Waals surface area contributed by atoms with Crippen LogP contribution in [0.3, 0.4) is 0 Å². The maximum atomic E-state index is 14.1. The Morgan fingerprint density at radius 1 is 0.956 bits per heavy atom. The molecular formula is C32H33F7N4O2. The van der Waals surface area contributed by atoms with Crippen LogP contribution in [0.15, 0.2) is 48.7 Å². The Balaban J connectivity index is 1.81. The van der Waals surface area contributed by atoms with E-state index in [1.165, 1.54) is 52.2 Å². The first-order valence-corrected chi connectivity index (χ1v) is 14.2. The van der Waals surface area contributed by atoms with Crippen LogP contribution < -0.4 is 15.1 Å². The van der Waals surface area contributed by atoms with Crippen LogP contribution in [0.25, 0.3) is 11.1 Å². The highest BCUT2D eigenvalue weighted by atomic mass is 19.4. The molecule has 242 valence electrons. The lowest BCUT2D eigenvalue weighted by molar-refractivity contribution is -0.143. The van der Waals surface area contributed by atoms with Crippen LogP contribution in [0, 0.1) is 12.7 Å². The molecule has 0 bridgehead atoms. The zero-order valence-electron chi connectivity index (χ0n) is 25.3. The average Bonchev–Trinajstić information content (AvgIpc) is 3.42. The van der Waals surface area contributed by atoms with Gasteiger partial charge in [0.1, 0.15) is 11.6 Å². The van der Waals surface area contributed by atoms with E-state index in [-0.39, 0.29) is 23.7 Å². The lowest BCUT2D eigenvalue weighted by atomic mass is 9.81. The lowest BCUT2D eigenvalue weighted by Crippen LogP contribution is -2.42. The highest BCUT2D eigenvalue weighted by Gasteiger charge is 2.41. The summed E-state index contributed by atoms with van der Waals surface area (Å²) in [6.45, 7) is 6.61. The maximum absolute atomic E-state index is 14.1. The molecule has 2 amide bonds. The Morgan fingerprint density at radius 3 is 2.11 bits per heavy atom. The Bertz CT molecular complexity index is 1570. The van der Waals surface area contributed by atoms with E-state index in [1.54, 1.807) is 13.0 Å². The minimum Gasteiger partial charge on any atom is -0.354 e. The monoisotopic (exact) mass is 638 g/mol. The number of carbonyl (C=O) groups is 2. The molecule has 1 saturated heterocycles. The number of likely N-dealkylation sites (N-methyl/N-ethyl adjacent to an activating group) is 1. The Labute approximate surface area is 256 Å². The highest BCUT2D eigenvalue weighted by Crippen LogP contribution is 2.41. The topological polar surface area (TPSA) is 65.5 Å². The van der Waals surface area contributed by atoms with Crippen molar-refractivity contribution in [2.45, 2.75) is 64.3 Å². The molecule has 45 heavy (non-hydrogen) atoms. The molecule has 1 aliphatic heterocycles. The highest BCUT2D eigenvalue weighted by molar-refractivity contribution is 6.03. The van der Waals surface area contributed by atoms with E-state index in [1.807, 2.05) is 4.90 Å². The molecule has 1 aliphatic rings. The summed E-state index contributed by atoms with van der Waals surface area (Å²) in [4.78, 5) is 33.2. The van der Waals surface area contributed by atoms with Crippen LogP contribution in [-0.2, 0) is 27.4 Å². The normalized spacial score (nSPS) is 15.7. The number of carbonyl (C=O) groups excluding carboxylic acids is 2. The van der Waals surface area contributed by atoms with Crippen LogP contribution >= 0.6 is 0 Å². The first-order valence-electron chi connectivity index (χ1n) is 14.2. The van der Waals surface area contributed by atoms with Gasteiger partial charge in [0.25, 0.3) is 0 Å². The standard InChI is InChI=1S/C32H33F7N4O2/c1-18-11-23(33)8-9-25(18)26-15-28(43-10-6-7-24(43)16-40-19(2)44)41-17-27(26)42(5)29(45)30(3,4)20-12-21(31(34,35)36)14-22(13-20)32(37,38)39/h8-9,11-15,17,24H,6-7,10,16H2,1-5H3,(H,40,44)/t24-/m0/s1. The third-order valence-corrected chi connectivity index (χ3v) is 8.12. The first-order chi connectivity index (χ1) is 20.8. The number of aryl methyl sites for hydroxylation is 1. The number of anilines is 2. The summed E-state index contributed by atoms with van der Waals surface area (Å²) < 4.78 is 95.8. The Hall–Kier alpha value is -4.16. The van der Waals surface area contributed by atoms with Gasteiger partial charge in [-0.05, 0) is 86.7 Å². The van der Waals surface area contributed by atoms with Crippen LogP contribution in [0.4, 0.5) is 42.2 Å². The molecular weight excluding hydrogens is 605 g/mol. The van der Waals surface area contributed by atoms with Crippen molar-refractivity contribution in [1.82, 2.24) is 10.3 Å². The summed E-state index contributed by atoms with van der Waals surface area (Å²) in [5, 5.41) is 2.81. The van der Waals surface area contributed by atoms with Crippen LogP contribution in [0.2, 0.25) is 0 Å². The van der Waals surface area contributed by atoms with Gasteiger partial charge in [-0.25, -0.2) is 9.37 Å². The summed E-state index contributed by atoms with van der Waals surface area (Å²) >= 11 is 0. The second-order valence-corrected chi connectivity index (χ2v) is 11.7. The minimum absolute atomic E-state index is 0.0172. The van der Waals surface area contributed by atoms with Crippen LogP contribution in [-0.4, -0.2) is 43.0 Å². The number of nitrogens with zero attached hydrogens (tertiary/aromatic N) is 3. The van der Waals surface area contributed by atoms with Crippen LogP contribution in [0.1, 0.15) is 55.9 Å². The number of hydrogen-bond acceptors (Lipinski definition) is 4. The predicted octanol–water partition coefficient (Wildman–Crippen LogP) is 7.28. The molecule has 1 fully saturated rings. The average molecular weight is 639 g/mol. The smallest absolute Gasteiger partial charge is 0.354 e. The van der Waals surface area contributed by atoms with Gasteiger partial charge in [0.15, 0.2) is 0 Å². The fourth-order valence-electron chi connectivity index (χ4n) is 5.59. The molecule has 13 heteroatoms. The van der Waals surface area contributed by atoms with Gasteiger partial charge in [-0.1, -0.05) is 6.07 Å². The van der Waals surface area contributed by atoms with Crippen molar-refractivity contribution in [3.63, 3.8) is 0 Å². The van der Waals surface area contributed by atoms with Crippen molar-refractivity contribution >= 4 is 23.3 Å². The Morgan fingerprint density at radius 2 is 1.56 bits per heavy atom. The van der Waals surface area contributed by atoms with Crippen molar-refractivity contribution in [3.05, 3.63) is 76.7 Å². The summed E-state index contributed by atoms with van der Waals surface area (Å²) in [7, 11) is 1.36. The zero-order chi connectivity index (χ0) is 33.5. The third kappa shape index (κ3) is 7.23. The quantitative estimate of drug-likeness (QED) is 0.277. The molecule has 1 atom stereocenters. The van der Waals surface area contributed by atoms with Crippen molar-refractivity contribution < 1.29 is 40.3 Å². The van der Waals surface area contributed by atoms with Gasteiger partial charge < -0.3 is 15.1 Å². The minimum atomic E-state index is -5.08. The molecule has 3 aromatic rings. The first kappa shape index (κ1) is 33.7. The van der Waals surface area contributed by atoms with Gasteiger partial charge in [-0.3, -0.25) is 9.59 Å². The second-order valence-electron chi connectivity index (χ2n) is 11.7. The van der Waals surface area contributed by atoms with Crippen molar-refractivity contribution in [2.24, 2.45) is 0 Å². The number of nitrogens with one attached hydrogen (secondary N) is 1. The van der Waals surface area contributed by atoms with E-state index in [0.29, 0.717) is 47.7 Å². The number of alkyl halides is 6. The van der Waals surface area contributed by atoms with Crippen molar-refractivity contribution in [2.75, 3.05) is 29.9 Å². The summed E-state index contributed by atoms with van der Waals surface area (Å²) in [6, 6.07) is 6.85. The molecule has 0 saturated carbocycles. The molecule has 0 unspecified atom stereocenters. The van der Waals surface area contributed by atoms with Gasteiger partial charge >= 0.3 is 12.4 Å². The molecule has 0 spiro atoms. The number of halogens is 7. The van der Waals surface area contributed by atoms with E-state index in [9.17, 15) is 40.3 Å². The lowest BCUT2D eigenvalue weighted by Gasteiger charge is -2.33. The zero-order valence-corrected chi connectivity index (χ0v) is 25.3. The number of aromatic nitrogens is 1. The molecule has 1 aromatic heterocycles. The number of benzene rings is 2. The summed E-state index contributed by atoms with van der Waals surface area (Å²) in [5.41, 5.74) is -3.62. The molecule has 2 heterocycles. The maximum Gasteiger partial charge on any atom is 0.416 e. The van der Waals surface area contributed by atoms with Gasteiger partial charge in [0.05, 0.1) is 28.4 Å². The van der Waals surface area contributed by atoms with Crippen LogP contribution in [0.5, 0.6) is 0 Å². The molecule has 0 radical (unpaired) electrons. The van der Waals surface area contributed by atoms with E-state index < -0.39 is 46.2 Å². The van der Waals surface area contributed by atoms with Crippen molar-refractivity contribution in [1.29, 1.82) is 0 Å². The number of hydrogen-bond donors (Lipinski definition) is 1. The van der Waals surface area contributed by atoms with E-state index >= 15 is 0 Å². The fourth-order valence-corrected chi connectivity index (χ4v) is 5.59. The largest absolute Gasteiger partial charge is 0.416 e. The fraction of sp³-hybridized carbons (Fsp3) is 0.406. The molecule has 6 nitrogen and oxygen atoms in total. The predicted molar refractivity (Wildman–Crippen MR) is 156 cm³/mol. The van der Waals surface area contributed by atoms with E-state index in [0.717, 1.165) is 17.7 Å². The number of pyridine rings is 1. The Kier molecular flexibility index (Phi) is 9.24. The molecule has 1 N–H and O–H groups in total. The third-order valence-electron chi connectivity index (χ3n) is 8.12. The number of rotatable bonds is 7. The van der Waals surface area contributed by atoms with Crippen molar-refractivity contribution in [3.8, 4) is 11.1 Å². The molecule has 0 aliphatic carbocycles. The molecule has 2 aromatic carbocycles. The second kappa shape index (κ2) is 12.3. The molecule has 4 rings (SSSR count). The van der Waals surface area contributed by atoms with Gasteiger partial charge in [0.2, 0.25) is 11.8 Å². The van der Waals surface area contributed by atoms with Gasteiger partial charge in [0, 0.05) is 38.7 Å². The van der Waals surface area contributed by atoms with E-state index in [4.69, 9.17) is 0 Å². The van der Waals surface area contributed by atoms with Gasteiger partial charge in [-0.15, -0.1) is 0 Å².